The second-order valence-electron chi connectivity index (χ2n) is 5.48. The molecular formula is C16H13ClF2N2O2. The number of benzene rings is 1. The van der Waals surface area contributed by atoms with E-state index < -0.39 is 23.1 Å². The second-order valence-corrected chi connectivity index (χ2v) is 5.84. The highest BCUT2D eigenvalue weighted by Gasteiger charge is 2.40. The van der Waals surface area contributed by atoms with Crippen molar-refractivity contribution in [3.05, 3.63) is 64.4 Å². The van der Waals surface area contributed by atoms with E-state index in [1.165, 1.54) is 41.4 Å². The number of aromatic nitrogens is 1. The lowest BCUT2D eigenvalue weighted by molar-refractivity contribution is 0.0415. The number of nitrogens with zero attached hydrogens (tertiary/aromatic N) is 2. The molecule has 1 aromatic heterocycles. The molecule has 2 aromatic rings. The quantitative estimate of drug-likeness (QED) is 0.857. The van der Waals surface area contributed by atoms with Crippen molar-refractivity contribution in [2.24, 2.45) is 0 Å². The highest BCUT2D eigenvalue weighted by Crippen LogP contribution is 2.33. The minimum atomic E-state index is -1.28. The van der Waals surface area contributed by atoms with Gasteiger partial charge in [0.05, 0.1) is 12.1 Å². The number of pyridine rings is 1. The van der Waals surface area contributed by atoms with Crippen LogP contribution >= 0.6 is 11.6 Å². The number of hydrogen-bond acceptors (Lipinski definition) is 3. The first-order valence-electron chi connectivity index (χ1n) is 6.98. The highest BCUT2D eigenvalue weighted by atomic mass is 35.5. The van der Waals surface area contributed by atoms with Crippen LogP contribution in [0.5, 0.6) is 0 Å². The molecule has 4 nitrogen and oxygen atoms in total. The third-order valence-electron chi connectivity index (χ3n) is 3.99. The SMILES string of the molecule is O=C(c1ccnc(Cl)c1F)N1CC[C@](O)(c2ccc(F)cc2)C1. The summed E-state index contributed by atoms with van der Waals surface area (Å²) < 4.78 is 26.9. The Kier molecular flexibility index (Phi) is 4.04. The summed E-state index contributed by atoms with van der Waals surface area (Å²) in [4.78, 5) is 17.3. The molecule has 1 fully saturated rings. The zero-order chi connectivity index (χ0) is 16.6. The van der Waals surface area contributed by atoms with Crippen molar-refractivity contribution in [1.29, 1.82) is 0 Å². The molecule has 7 heteroatoms. The topological polar surface area (TPSA) is 53.4 Å². The van der Waals surface area contributed by atoms with Crippen LogP contribution in [-0.4, -0.2) is 34.0 Å². The first-order valence-corrected chi connectivity index (χ1v) is 7.36. The van der Waals surface area contributed by atoms with Gasteiger partial charge in [-0.15, -0.1) is 0 Å². The zero-order valence-electron chi connectivity index (χ0n) is 12.0. The average molecular weight is 339 g/mol. The number of likely N-dealkylation sites (tertiary alicyclic amines) is 1. The lowest BCUT2D eigenvalue weighted by Crippen LogP contribution is -2.34. The predicted octanol–water partition coefficient (Wildman–Crippen LogP) is 2.75. The van der Waals surface area contributed by atoms with E-state index in [9.17, 15) is 18.7 Å². The monoisotopic (exact) mass is 338 g/mol. The molecule has 1 aliphatic heterocycles. The first-order chi connectivity index (χ1) is 10.9. The normalized spacial score (nSPS) is 20.8. The number of carbonyl (C=O) groups excluding carboxylic acids is 1. The highest BCUT2D eigenvalue weighted by molar-refractivity contribution is 6.29. The lowest BCUT2D eigenvalue weighted by atomic mass is 9.93. The van der Waals surface area contributed by atoms with E-state index in [4.69, 9.17) is 11.6 Å². The van der Waals surface area contributed by atoms with Gasteiger partial charge in [-0.25, -0.2) is 13.8 Å². The molecule has 1 aromatic carbocycles. The summed E-state index contributed by atoms with van der Waals surface area (Å²) in [5.74, 6) is -1.85. The Morgan fingerprint density at radius 2 is 1.96 bits per heavy atom. The van der Waals surface area contributed by atoms with E-state index in [1.54, 1.807) is 0 Å². The van der Waals surface area contributed by atoms with E-state index in [-0.39, 0.29) is 30.2 Å². The molecule has 1 saturated heterocycles. The Labute approximate surface area is 136 Å². The number of amides is 1. The fraction of sp³-hybridized carbons (Fsp3) is 0.250. The van der Waals surface area contributed by atoms with E-state index in [0.29, 0.717) is 5.56 Å². The number of hydrogen-bond donors (Lipinski definition) is 1. The number of carbonyl (C=O) groups is 1. The molecular weight excluding hydrogens is 326 g/mol. The molecule has 0 radical (unpaired) electrons. The molecule has 0 spiro atoms. The van der Waals surface area contributed by atoms with Crippen LogP contribution in [0.4, 0.5) is 8.78 Å². The Hall–Kier alpha value is -2.05. The van der Waals surface area contributed by atoms with Gasteiger partial charge in [-0.1, -0.05) is 23.7 Å². The van der Waals surface area contributed by atoms with Crippen LogP contribution in [-0.2, 0) is 5.60 Å². The van der Waals surface area contributed by atoms with Gasteiger partial charge in [0.1, 0.15) is 11.4 Å². The minimum Gasteiger partial charge on any atom is -0.383 e. The third-order valence-corrected chi connectivity index (χ3v) is 4.26. The maximum absolute atomic E-state index is 13.9. The van der Waals surface area contributed by atoms with Gasteiger partial charge < -0.3 is 10.0 Å². The number of β-amino-alcohol motifs (C(OH)–C–C–N with tert-alkyl or cyclic N) is 1. The molecule has 1 N–H and O–H groups in total. The Morgan fingerprint density at radius 1 is 1.26 bits per heavy atom. The average Bonchev–Trinajstić information content (AvgIpc) is 2.93. The number of rotatable bonds is 2. The summed E-state index contributed by atoms with van der Waals surface area (Å²) in [6.45, 7) is 0.253. The number of halogens is 3. The van der Waals surface area contributed by atoms with E-state index >= 15 is 0 Å². The summed E-state index contributed by atoms with van der Waals surface area (Å²) in [5, 5.41) is 10.3. The number of aliphatic hydroxyl groups is 1. The van der Waals surface area contributed by atoms with Crippen LogP contribution < -0.4 is 0 Å². The van der Waals surface area contributed by atoms with Crippen LogP contribution in [0.1, 0.15) is 22.3 Å². The predicted molar refractivity (Wildman–Crippen MR) is 80.0 cm³/mol. The van der Waals surface area contributed by atoms with E-state index in [0.717, 1.165) is 0 Å². The van der Waals surface area contributed by atoms with Crippen molar-refractivity contribution in [3.8, 4) is 0 Å². The van der Waals surface area contributed by atoms with Gasteiger partial charge >= 0.3 is 0 Å². The molecule has 0 aliphatic carbocycles. The largest absolute Gasteiger partial charge is 0.383 e. The van der Waals surface area contributed by atoms with Crippen molar-refractivity contribution in [1.82, 2.24) is 9.88 Å². The molecule has 0 saturated carbocycles. The van der Waals surface area contributed by atoms with E-state index in [1.807, 2.05) is 0 Å². The summed E-state index contributed by atoms with van der Waals surface area (Å²) in [6, 6.07) is 6.71. The summed E-state index contributed by atoms with van der Waals surface area (Å²) in [7, 11) is 0. The molecule has 1 atom stereocenters. The van der Waals surface area contributed by atoms with Gasteiger partial charge in [0.2, 0.25) is 0 Å². The summed E-state index contributed by atoms with van der Waals surface area (Å²) in [5.41, 5.74) is -0.952. The smallest absolute Gasteiger partial charge is 0.257 e. The van der Waals surface area contributed by atoms with Gasteiger partial charge in [0, 0.05) is 12.7 Å². The Balaban J connectivity index is 1.83. The summed E-state index contributed by atoms with van der Waals surface area (Å²) in [6.07, 6.45) is 1.53. The maximum atomic E-state index is 13.9. The maximum Gasteiger partial charge on any atom is 0.257 e. The molecule has 0 unspecified atom stereocenters. The van der Waals surface area contributed by atoms with Gasteiger partial charge in [0.15, 0.2) is 11.0 Å². The Morgan fingerprint density at radius 3 is 2.65 bits per heavy atom. The summed E-state index contributed by atoms with van der Waals surface area (Å²) >= 11 is 5.59. The van der Waals surface area contributed by atoms with Gasteiger partial charge in [-0.3, -0.25) is 4.79 Å². The van der Waals surface area contributed by atoms with Crippen molar-refractivity contribution < 1.29 is 18.7 Å². The molecule has 2 heterocycles. The van der Waals surface area contributed by atoms with Crippen LogP contribution in [0.2, 0.25) is 5.15 Å². The van der Waals surface area contributed by atoms with Gasteiger partial charge in [-0.05, 0) is 30.2 Å². The molecule has 0 bridgehead atoms. The zero-order valence-corrected chi connectivity index (χ0v) is 12.7. The fourth-order valence-corrected chi connectivity index (χ4v) is 2.87. The van der Waals surface area contributed by atoms with Crippen molar-refractivity contribution in [3.63, 3.8) is 0 Å². The van der Waals surface area contributed by atoms with Crippen molar-refractivity contribution >= 4 is 17.5 Å². The van der Waals surface area contributed by atoms with Gasteiger partial charge in [-0.2, -0.15) is 0 Å². The van der Waals surface area contributed by atoms with Crippen LogP contribution in [0, 0.1) is 11.6 Å². The molecule has 3 rings (SSSR count). The first kappa shape index (κ1) is 15.8. The molecule has 120 valence electrons. The van der Waals surface area contributed by atoms with Crippen molar-refractivity contribution in [2.75, 3.05) is 13.1 Å². The fourth-order valence-electron chi connectivity index (χ4n) is 2.72. The second kappa shape index (κ2) is 5.86. The van der Waals surface area contributed by atoms with Crippen LogP contribution in [0.15, 0.2) is 36.5 Å². The molecule has 23 heavy (non-hydrogen) atoms. The lowest BCUT2D eigenvalue weighted by Gasteiger charge is -2.24. The van der Waals surface area contributed by atoms with Crippen LogP contribution in [0.3, 0.4) is 0 Å². The Bertz CT molecular complexity index is 754. The van der Waals surface area contributed by atoms with Crippen molar-refractivity contribution in [2.45, 2.75) is 12.0 Å². The molecule has 1 aliphatic rings. The molecule has 1 amide bonds. The van der Waals surface area contributed by atoms with E-state index in [2.05, 4.69) is 4.98 Å². The minimum absolute atomic E-state index is 0.00313. The van der Waals surface area contributed by atoms with Gasteiger partial charge in [0.25, 0.3) is 5.91 Å². The standard InChI is InChI=1S/C16H13ClF2N2O2/c17-14-13(19)12(5-7-20-14)15(22)21-8-6-16(23,9-21)10-1-3-11(18)4-2-10/h1-5,7,23H,6,8-9H2/t16-/m1/s1. The van der Waals surface area contributed by atoms with Crippen LogP contribution in [0.25, 0.3) is 0 Å². The third kappa shape index (κ3) is 2.92.